The van der Waals surface area contributed by atoms with Crippen molar-refractivity contribution >= 4 is 5.91 Å². The fourth-order valence-corrected chi connectivity index (χ4v) is 2.43. The van der Waals surface area contributed by atoms with E-state index in [0.29, 0.717) is 6.54 Å². The Morgan fingerprint density at radius 3 is 2.43 bits per heavy atom. The monoisotopic (exact) mass is 290 g/mol. The third kappa shape index (κ3) is 2.68. The van der Waals surface area contributed by atoms with Crippen molar-refractivity contribution in [3.05, 3.63) is 59.4 Å². The molecule has 0 spiro atoms. The van der Waals surface area contributed by atoms with Crippen LogP contribution in [0.15, 0.2) is 36.5 Å². The molecule has 3 rings (SSSR count). The van der Waals surface area contributed by atoms with Crippen molar-refractivity contribution in [1.29, 1.82) is 0 Å². The summed E-state index contributed by atoms with van der Waals surface area (Å²) in [6.07, 6.45) is 3.65. The molecule has 1 aromatic heterocycles. The highest BCUT2D eigenvalue weighted by atomic mass is 19.1. The second-order valence-corrected chi connectivity index (χ2v) is 5.37. The van der Waals surface area contributed by atoms with Crippen molar-refractivity contribution in [2.24, 2.45) is 7.05 Å². The van der Waals surface area contributed by atoms with E-state index < -0.39 is 23.1 Å². The minimum Gasteiger partial charge on any atom is -0.353 e. The number of hydrogen-bond donors (Lipinski definition) is 0. The number of carbonyl (C=O) groups is 1. The zero-order valence-corrected chi connectivity index (χ0v) is 11.7. The van der Waals surface area contributed by atoms with Gasteiger partial charge in [-0.15, -0.1) is 0 Å². The molecule has 3 nitrogen and oxygen atoms in total. The summed E-state index contributed by atoms with van der Waals surface area (Å²) in [5.41, 5.74) is 0.477. The van der Waals surface area contributed by atoms with Crippen molar-refractivity contribution in [2.75, 3.05) is 0 Å². The summed E-state index contributed by atoms with van der Waals surface area (Å²) in [5, 5.41) is 0. The van der Waals surface area contributed by atoms with Crippen molar-refractivity contribution < 1.29 is 13.6 Å². The molecule has 0 N–H and O–H groups in total. The van der Waals surface area contributed by atoms with E-state index in [4.69, 9.17) is 0 Å². The fraction of sp³-hybridized carbons (Fsp3) is 0.312. The van der Waals surface area contributed by atoms with Crippen molar-refractivity contribution in [3.63, 3.8) is 0 Å². The standard InChI is InChI=1S/C16H16F2N2O/c1-19-9-3-4-12(19)10-20(11-7-8-11)16(21)15-13(17)5-2-6-14(15)18/h2-6,9,11H,7-8,10H2,1H3. The minimum absolute atomic E-state index is 0.0754. The predicted molar refractivity (Wildman–Crippen MR) is 74.7 cm³/mol. The summed E-state index contributed by atoms with van der Waals surface area (Å²) >= 11 is 0. The molecule has 5 heteroatoms. The van der Waals surface area contributed by atoms with Gasteiger partial charge in [0, 0.05) is 25.0 Å². The molecule has 1 aliphatic rings. The minimum atomic E-state index is -0.808. The second-order valence-electron chi connectivity index (χ2n) is 5.37. The summed E-state index contributed by atoms with van der Waals surface area (Å²) in [6.45, 7) is 0.362. The number of rotatable bonds is 4. The molecule has 1 amide bonds. The van der Waals surface area contributed by atoms with E-state index in [0.717, 1.165) is 30.7 Å². The Morgan fingerprint density at radius 1 is 1.24 bits per heavy atom. The van der Waals surface area contributed by atoms with Gasteiger partial charge in [-0.3, -0.25) is 4.79 Å². The largest absolute Gasteiger partial charge is 0.353 e. The number of aryl methyl sites for hydroxylation is 1. The number of aromatic nitrogens is 1. The van der Waals surface area contributed by atoms with Crippen LogP contribution < -0.4 is 0 Å². The van der Waals surface area contributed by atoms with Crippen LogP contribution in [0.1, 0.15) is 28.9 Å². The molecule has 21 heavy (non-hydrogen) atoms. The maximum absolute atomic E-state index is 13.8. The molecular weight excluding hydrogens is 274 g/mol. The number of hydrogen-bond acceptors (Lipinski definition) is 1. The molecule has 0 bridgehead atoms. The van der Waals surface area contributed by atoms with E-state index in [1.807, 2.05) is 29.9 Å². The Kier molecular flexibility index (Phi) is 3.49. The summed E-state index contributed by atoms with van der Waals surface area (Å²) in [6, 6.07) is 7.36. The topological polar surface area (TPSA) is 25.2 Å². The molecule has 1 heterocycles. The zero-order chi connectivity index (χ0) is 15.0. The molecule has 0 aliphatic heterocycles. The van der Waals surface area contributed by atoms with Gasteiger partial charge in [0.2, 0.25) is 0 Å². The van der Waals surface area contributed by atoms with Crippen molar-refractivity contribution in [1.82, 2.24) is 9.47 Å². The van der Waals surface area contributed by atoms with Crippen LogP contribution in [0.3, 0.4) is 0 Å². The van der Waals surface area contributed by atoms with E-state index in [2.05, 4.69) is 0 Å². The van der Waals surface area contributed by atoms with Crippen LogP contribution in [0.5, 0.6) is 0 Å². The maximum atomic E-state index is 13.8. The average molecular weight is 290 g/mol. The zero-order valence-electron chi connectivity index (χ0n) is 11.7. The van der Waals surface area contributed by atoms with Gasteiger partial charge in [0.15, 0.2) is 0 Å². The van der Waals surface area contributed by atoms with Gasteiger partial charge in [0.05, 0.1) is 6.54 Å². The SMILES string of the molecule is Cn1cccc1CN(C(=O)c1c(F)cccc1F)C1CC1. The van der Waals surface area contributed by atoms with E-state index >= 15 is 0 Å². The predicted octanol–water partition coefficient (Wildman–Crippen LogP) is 3.11. The van der Waals surface area contributed by atoms with Crippen LogP contribution in [0.25, 0.3) is 0 Å². The van der Waals surface area contributed by atoms with E-state index in [1.165, 1.54) is 6.07 Å². The second kappa shape index (κ2) is 5.31. The first-order chi connectivity index (χ1) is 10.1. The fourth-order valence-electron chi connectivity index (χ4n) is 2.43. The first kappa shape index (κ1) is 13.8. The van der Waals surface area contributed by atoms with Gasteiger partial charge in [-0.2, -0.15) is 0 Å². The molecule has 0 radical (unpaired) electrons. The molecule has 1 aromatic carbocycles. The van der Waals surface area contributed by atoms with E-state index in [9.17, 15) is 13.6 Å². The highest BCUT2D eigenvalue weighted by Gasteiger charge is 2.35. The molecule has 1 saturated carbocycles. The lowest BCUT2D eigenvalue weighted by atomic mass is 10.1. The summed E-state index contributed by atoms with van der Waals surface area (Å²) in [5.74, 6) is -2.19. The van der Waals surface area contributed by atoms with E-state index in [1.54, 1.807) is 4.90 Å². The molecule has 2 aromatic rings. The highest BCUT2D eigenvalue weighted by Crippen LogP contribution is 2.30. The number of carbonyl (C=O) groups excluding carboxylic acids is 1. The van der Waals surface area contributed by atoms with Gasteiger partial charge < -0.3 is 9.47 Å². The van der Waals surface area contributed by atoms with E-state index in [-0.39, 0.29) is 6.04 Å². The maximum Gasteiger partial charge on any atom is 0.260 e. The van der Waals surface area contributed by atoms with Crippen LogP contribution in [-0.2, 0) is 13.6 Å². The Labute approximate surface area is 121 Å². The number of amides is 1. The lowest BCUT2D eigenvalue weighted by Gasteiger charge is -2.23. The number of benzene rings is 1. The molecule has 110 valence electrons. The number of halogens is 2. The Morgan fingerprint density at radius 2 is 1.90 bits per heavy atom. The van der Waals surface area contributed by atoms with Gasteiger partial charge >= 0.3 is 0 Å². The summed E-state index contributed by atoms with van der Waals surface area (Å²) < 4.78 is 29.5. The number of nitrogens with zero attached hydrogens (tertiary/aromatic N) is 2. The highest BCUT2D eigenvalue weighted by molar-refractivity contribution is 5.95. The van der Waals surface area contributed by atoms with Crippen LogP contribution in [0.2, 0.25) is 0 Å². The van der Waals surface area contributed by atoms with Gasteiger partial charge in [0.25, 0.3) is 5.91 Å². The summed E-state index contributed by atoms with van der Waals surface area (Å²) in [4.78, 5) is 14.1. The van der Waals surface area contributed by atoms with Crippen LogP contribution in [-0.4, -0.2) is 21.4 Å². The lowest BCUT2D eigenvalue weighted by Crippen LogP contribution is -2.34. The average Bonchev–Trinajstić information content (AvgIpc) is 3.19. The van der Waals surface area contributed by atoms with Gasteiger partial charge in [-0.1, -0.05) is 6.07 Å². The first-order valence-corrected chi connectivity index (χ1v) is 6.93. The van der Waals surface area contributed by atoms with Gasteiger partial charge in [-0.25, -0.2) is 8.78 Å². The Hall–Kier alpha value is -2.17. The smallest absolute Gasteiger partial charge is 0.260 e. The van der Waals surface area contributed by atoms with Crippen LogP contribution in [0, 0.1) is 11.6 Å². The third-order valence-electron chi connectivity index (χ3n) is 3.81. The van der Waals surface area contributed by atoms with Crippen molar-refractivity contribution in [2.45, 2.75) is 25.4 Å². The van der Waals surface area contributed by atoms with Crippen LogP contribution in [0.4, 0.5) is 8.78 Å². The third-order valence-corrected chi connectivity index (χ3v) is 3.81. The lowest BCUT2D eigenvalue weighted by molar-refractivity contribution is 0.0716. The van der Waals surface area contributed by atoms with Crippen molar-refractivity contribution in [3.8, 4) is 0 Å². The molecule has 1 fully saturated rings. The molecule has 0 unspecified atom stereocenters. The van der Waals surface area contributed by atoms with Gasteiger partial charge in [-0.05, 0) is 37.1 Å². The Bertz CT molecular complexity index is 656. The molecule has 0 atom stereocenters. The van der Waals surface area contributed by atoms with Gasteiger partial charge in [0.1, 0.15) is 17.2 Å². The molecule has 1 aliphatic carbocycles. The quantitative estimate of drug-likeness (QED) is 0.849. The summed E-state index contributed by atoms with van der Waals surface area (Å²) in [7, 11) is 1.88. The molecule has 0 saturated heterocycles. The first-order valence-electron chi connectivity index (χ1n) is 6.93. The molecular formula is C16H16F2N2O. The normalized spacial score (nSPS) is 14.2. The Balaban J connectivity index is 1.91. The van der Waals surface area contributed by atoms with Crippen LogP contribution >= 0.6 is 0 Å².